The van der Waals surface area contributed by atoms with Crippen LogP contribution in [0.4, 0.5) is 4.39 Å². The van der Waals surface area contributed by atoms with Crippen molar-refractivity contribution in [3.05, 3.63) is 40.7 Å². The zero-order valence-corrected chi connectivity index (χ0v) is 10.6. The number of halogens is 1. The number of benzene rings is 1. The summed E-state index contributed by atoms with van der Waals surface area (Å²) in [6.07, 6.45) is 5.83. The van der Waals surface area contributed by atoms with Crippen molar-refractivity contribution in [2.24, 2.45) is 0 Å². The van der Waals surface area contributed by atoms with Crippen LogP contribution in [0, 0.1) is 12.7 Å². The van der Waals surface area contributed by atoms with Crippen LogP contribution in [0.15, 0.2) is 23.8 Å². The molecule has 1 aliphatic carbocycles. The maximum absolute atomic E-state index is 13.1. The average molecular weight is 233 g/mol. The van der Waals surface area contributed by atoms with Crippen molar-refractivity contribution in [2.75, 3.05) is 6.54 Å². The van der Waals surface area contributed by atoms with Crippen molar-refractivity contribution in [1.82, 2.24) is 5.32 Å². The molecule has 2 heteroatoms. The highest BCUT2D eigenvalue weighted by Crippen LogP contribution is 2.20. The molecule has 2 rings (SSSR count). The van der Waals surface area contributed by atoms with Gasteiger partial charge in [-0.3, -0.25) is 0 Å². The predicted molar refractivity (Wildman–Crippen MR) is 70.4 cm³/mol. The summed E-state index contributed by atoms with van der Waals surface area (Å²) >= 11 is 0. The zero-order chi connectivity index (χ0) is 12.3. The standard InChI is InChI=1S/C15H20FN/c1-3-12(10-17-14-5-6-14)9-13-4-7-15(16)11(2)8-13/h4,7-9,14,17H,3,5-6,10H2,1-2H3. The summed E-state index contributed by atoms with van der Waals surface area (Å²) in [6, 6.07) is 6.03. The molecule has 0 saturated heterocycles. The minimum Gasteiger partial charge on any atom is -0.310 e. The zero-order valence-electron chi connectivity index (χ0n) is 10.6. The molecule has 92 valence electrons. The molecule has 0 aliphatic heterocycles. The first kappa shape index (κ1) is 12.3. The van der Waals surface area contributed by atoms with Gasteiger partial charge in [0.2, 0.25) is 0 Å². The van der Waals surface area contributed by atoms with Gasteiger partial charge in [-0.25, -0.2) is 4.39 Å². The van der Waals surface area contributed by atoms with Crippen molar-refractivity contribution in [3.8, 4) is 0 Å². The third-order valence-corrected chi connectivity index (χ3v) is 3.20. The molecule has 0 atom stereocenters. The Labute approximate surface area is 103 Å². The number of rotatable bonds is 5. The van der Waals surface area contributed by atoms with E-state index in [9.17, 15) is 4.39 Å². The van der Waals surface area contributed by atoms with E-state index < -0.39 is 0 Å². The molecule has 0 bridgehead atoms. The first-order valence-electron chi connectivity index (χ1n) is 6.38. The summed E-state index contributed by atoms with van der Waals surface area (Å²) in [5, 5.41) is 3.51. The van der Waals surface area contributed by atoms with Crippen LogP contribution in [0.3, 0.4) is 0 Å². The Morgan fingerprint density at radius 3 is 2.82 bits per heavy atom. The first-order chi connectivity index (χ1) is 8.19. The molecule has 1 aromatic rings. The Bertz CT molecular complexity index is 419. The van der Waals surface area contributed by atoms with Gasteiger partial charge in [0.1, 0.15) is 5.82 Å². The highest BCUT2D eigenvalue weighted by atomic mass is 19.1. The molecule has 1 N–H and O–H groups in total. The number of nitrogens with one attached hydrogen (secondary N) is 1. The van der Waals surface area contributed by atoms with Crippen molar-refractivity contribution < 1.29 is 4.39 Å². The highest BCUT2D eigenvalue weighted by molar-refractivity contribution is 5.54. The second-order valence-electron chi connectivity index (χ2n) is 4.82. The van der Waals surface area contributed by atoms with E-state index in [4.69, 9.17) is 0 Å². The molecule has 0 unspecified atom stereocenters. The van der Waals surface area contributed by atoms with Gasteiger partial charge in [-0.05, 0) is 49.4 Å². The van der Waals surface area contributed by atoms with E-state index in [0.29, 0.717) is 5.56 Å². The van der Waals surface area contributed by atoms with Gasteiger partial charge >= 0.3 is 0 Å². The topological polar surface area (TPSA) is 12.0 Å². The largest absolute Gasteiger partial charge is 0.310 e. The van der Waals surface area contributed by atoms with E-state index in [0.717, 1.165) is 24.6 Å². The average Bonchev–Trinajstić information content (AvgIpc) is 3.13. The van der Waals surface area contributed by atoms with Crippen LogP contribution in [0.1, 0.15) is 37.3 Å². The lowest BCUT2D eigenvalue weighted by molar-refractivity contribution is 0.618. The van der Waals surface area contributed by atoms with Gasteiger partial charge in [-0.15, -0.1) is 0 Å². The lowest BCUT2D eigenvalue weighted by Gasteiger charge is -2.07. The van der Waals surface area contributed by atoms with Crippen molar-refractivity contribution in [3.63, 3.8) is 0 Å². The Morgan fingerprint density at radius 2 is 2.24 bits per heavy atom. The van der Waals surface area contributed by atoms with Crippen molar-refractivity contribution in [2.45, 2.75) is 39.2 Å². The Morgan fingerprint density at radius 1 is 1.47 bits per heavy atom. The highest BCUT2D eigenvalue weighted by Gasteiger charge is 2.19. The summed E-state index contributed by atoms with van der Waals surface area (Å²) in [5.41, 5.74) is 3.19. The van der Waals surface area contributed by atoms with Crippen molar-refractivity contribution >= 4 is 6.08 Å². The summed E-state index contributed by atoms with van der Waals surface area (Å²) < 4.78 is 13.1. The lowest BCUT2D eigenvalue weighted by Crippen LogP contribution is -2.18. The molecule has 0 spiro atoms. The van der Waals surface area contributed by atoms with Gasteiger partial charge in [-0.1, -0.05) is 24.6 Å². The van der Waals surface area contributed by atoms with E-state index in [1.807, 2.05) is 12.1 Å². The van der Waals surface area contributed by atoms with Gasteiger partial charge in [0.15, 0.2) is 0 Å². The molecule has 17 heavy (non-hydrogen) atoms. The van der Waals surface area contributed by atoms with Crippen LogP contribution in [0.25, 0.3) is 6.08 Å². The summed E-state index contributed by atoms with van der Waals surface area (Å²) in [4.78, 5) is 0. The summed E-state index contributed by atoms with van der Waals surface area (Å²) in [5.74, 6) is -0.128. The second-order valence-corrected chi connectivity index (χ2v) is 4.82. The van der Waals surface area contributed by atoms with Gasteiger partial charge in [-0.2, -0.15) is 0 Å². The molecule has 0 radical (unpaired) electrons. The predicted octanol–water partition coefficient (Wildman–Crippen LogP) is 3.68. The molecule has 1 fully saturated rings. The molecular formula is C15H20FN. The second kappa shape index (κ2) is 5.46. The fraction of sp³-hybridized carbons (Fsp3) is 0.467. The van der Waals surface area contributed by atoms with E-state index in [1.54, 1.807) is 13.0 Å². The maximum Gasteiger partial charge on any atom is 0.126 e. The molecule has 0 aromatic heterocycles. The molecule has 1 aliphatic rings. The fourth-order valence-electron chi connectivity index (χ4n) is 1.83. The number of hydrogen-bond acceptors (Lipinski definition) is 1. The fourth-order valence-corrected chi connectivity index (χ4v) is 1.83. The Kier molecular flexibility index (Phi) is 3.95. The molecular weight excluding hydrogens is 213 g/mol. The molecule has 0 amide bonds. The smallest absolute Gasteiger partial charge is 0.126 e. The molecule has 1 aromatic carbocycles. The molecule has 1 nitrogen and oxygen atoms in total. The van der Waals surface area contributed by atoms with E-state index >= 15 is 0 Å². The third kappa shape index (κ3) is 3.67. The summed E-state index contributed by atoms with van der Waals surface area (Å²) in [7, 11) is 0. The molecule has 0 heterocycles. The van der Waals surface area contributed by atoms with E-state index in [2.05, 4.69) is 18.3 Å². The molecule has 1 saturated carbocycles. The number of hydrogen-bond donors (Lipinski definition) is 1. The third-order valence-electron chi connectivity index (χ3n) is 3.20. The minimum atomic E-state index is -0.128. The lowest BCUT2D eigenvalue weighted by atomic mass is 10.1. The quantitative estimate of drug-likeness (QED) is 0.818. The van der Waals surface area contributed by atoms with Crippen LogP contribution in [-0.2, 0) is 0 Å². The SMILES string of the molecule is CCC(=Cc1ccc(F)c(C)c1)CNC1CC1. The normalized spacial score (nSPS) is 16.3. The van der Waals surface area contributed by atoms with Crippen molar-refractivity contribution in [1.29, 1.82) is 0 Å². The van der Waals surface area contributed by atoms with Gasteiger partial charge < -0.3 is 5.32 Å². The van der Waals surface area contributed by atoms with Crippen LogP contribution >= 0.6 is 0 Å². The van der Waals surface area contributed by atoms with Gasteiger partial charge in [0, 0.05) is 12.6 Å². The van der Waals surface area contributed by atoms with Crippen LogP contribution in [0.5, 0.6) is 0 Å². The monoisotopic (exact) mass is 233 g/mol. The Hall–Kier alpha value is -1.15. The van der Waals surface area contributed by atoms with Gasteiger partial charge in [0.05, 0.1) is 0 Å². The van der Waals surface area contributed by atoms with Crippen LogP contribution < -0.4 is 5.32 Å². The van der Waals surface area contributed by atoms with Crippen LogP contribution in [-0.4, -0.2) is 12.6 Å². The number of aryl methyl sites for hydroxylation is 1. The maximum atomic E-state index is 13.1. The minimum absolute atomic E-state index is 0.128. The Balaban J connectivity index is 2.04. The van der Waals surface area contributed by atoms with E-state index in [-0.39, 0.29) is 5.82 Å². The van der Waals surface area contributed by atoms with Gasteiger partial charge in [0.25, 0.3) is 0 Å². The summed E-state index contributed by atoms with van der Waals surface area (Å²) in [6.45, 7) is 4.93. The van der Waals surface area contributed by atoms with E-state index in [1.165, 1.54) is 18.4 Å². The first-order valence-corrected chi connectivity index (χ1v) is 6.38. The van der Waals surface area contributed by atoms with Crippen LogP contribution in [0.2, 0.25) is 0 Å².